The zero-order chi connectivity index (χ0) is 27.3. The SMILES string of the molecule is CC(C)N1CCC(C)(O[C@H]2CCCC(F)(F)[C@@H]2NC(=O)N2CCC(C)(c3noc([C@@H]4C[C@@H]4F)n3)CC2)CC1. The number of halogens is 3. The molecule has 4 aliphatic rings. The van der Waals surface area contributed by atoms with Crippen LogP contribution in [-0.2, 0) is 10.2 Å². The Hall–Kier alpha value is -1.88. The number of amides is 2. The normalized spacial score (nSPS) is 32.8. The monoisotopic (exact) mass is 541 g/mol. The Morgan fingerprint density at radius 1 is 1.11 bits per heavy atom. The van der Waals surface area contributed by atoms with Crippen LogP contribution in [-0.4, -0.2) is 88.0 Å². The Labute approximate surface area is 223 Å². The molecule has 2 aliphatic carbocycles. The summed E-state index contributed by atoms with van der Waals surface area (Å²) >= 11 is 0. The standard InChI is InChI=1S/C27H42F3N5O3/c1-17(2)34-14-10-26(4,11-15-34)37-20-6-5-7-27(29,30)21(20)31-24(36)35-12-8-25(3,9-13-35)23-32-22(38-33-23)18-16-19(18)28/h17-21H,5-16H2,1-4H3,(H,31,36)/t18-,19+,20+,21-/m1/s1. The molecule has 2 saturated carbocycles. The van der Waals surface area contributed by atoms with Crippen molar-refractivity contribution in [3.63, 3.8) is 0 Å². The summed E-state index contributed by atoms with van der Waals surface area (Å²) in [6.07, 6.45) is 2.08. The summed E-state index contributed by atoms with van der Waals surface area (Å²) in [5.74, 6) is -2.47. The Morgan fingerprint density at radius 2 is 1.76 bits per heavy atom. The lowest BCUT2D eigenvalue weighted by molar-refractivity contribution is -0.178. The highest BCUT2D eigenvalue weighted by Gasteiger charge is 2.51. The number of ether oxygens (including phenoxy) is 1. The summed E-state index contributed by atoms with van der Waals surface area (Å²) in [7, 11) is 0. The number of alkyl halides is 3. The number of piperidine rings is 2. The number of hydrogen-bond acceptors (Lipinski definition) is 6. The summed E-state index contributed by atoms with van der Waals surface area (Å²) in [4.78, 5) is 21.6. The van der Waals surface area contributed by atoms with Crippen molar-refractivity contribution in [1.82, 2.24) is 25.3 Å². The molecule has 38 heavy (non-hydrogen) atoms. The Kier molecular flexibility index (Phi) is 7.47. The van der Waals surface area contributed by atoms with E-state index in [9.17, 15) is 9.18 Å². The highest BCUT2D eigenvalue weighted by molar-refractivity contribution is 5.75. The summed E-state index contributed by atoms with van der Waals surface area (Å²) in [6, 6.07) is -1.40. The Bertz CT molecular complexity index is 988. The first-order chi connectivity index (χ1) is 17.9. The van der Waals surface area contributed by atoms with Crippen LogP contribution in [0, 0.1) is 0 Å². The summed E-state index contributed by atoms with van der Waals surface area (Å²) in [5, 5.41) is 6.76. The van der Waals surface area contributed by atoms with Gasteiger partial charge in [-0.1, -0.05) is 12.1 Å². The lowest BCUT2D eigenvalue weighted by Gasteiger charge is -2.47. The van der Waals surface area contributed by atoms with E-state index in [2.05, 4.69) is 34.2 Å². The number of likely N-dealkylation sites (tertiary alicyclic amines) is 2. The number of nitrogens with one attached hydrogen (secondary N) is 1. The van der Waals surface area contributed by atoms with Crippen molar-refractivity contribution in [3.8, 4) is 0 Å². The average molecular weight is 542 g/mol. The van der Waals surface area contributed by atoms with Crippen LogP contribution in [0.5, 0.6) is 0 Å². The van der Waals surface area contributed by atoms with Gasteiger partial charge in [-0.15, -0.1) is 0 Å². The van der Waals surface area contributed by atoms with Crippen molar-refractivity contribution >= 4 is 6.03 Å². The molecule has 0 aromatic carbocycles. The van der Waals surface area contributed by atoms with Crippen LogP contribution in [0.15, 0.2) is 4.52 Å². The van der Waals surface area contributed by atoms with Gasteiger partial charge in [-0.25, -0.2) is 18.0 Å². The Morgan fingerprint density at radius 3 is 2.37 bits per heavy atom. The molecule has 0 spiro atoms. The zero-order valence-corrected chi connectivity index (χ0v) is 23.0. The van der Waals surface area contributed by atoms with E-state index in [-0.39, 0.29) is 12.3 Å². The van der Waals surface area contributed by atoms with E-state index in [0.29, 0.717) is 63.0 Å². The number of carbonyl (C=O) groups is 1. The second-order valence-corrected chi connectivity index (χ2v) is 12.7. The molecular weight excluding hydrogens is 499 g/mol. The van der Waals surface area contributed by atoms with Crippen molar-refractivity contribution in [1.29, 1.82) is 0 Å². The smallest absolute Gasteiger partial charge is 0.317 e. The molecule has 1 aromatic rings. The van der Waals surface area contributed by atoms with Crippen LogP contribution in [0.3, 0.4) is 0 Å². The molecule has 1 aromatic heterocycles. The molecule has 3 heterocycles. The highest BCUT2D eigenvalue weighted by Crippen LogP contribution is 2.44. The van der Waals surface area contributed by atoms with Gasteiger partial charge >= 0.3 is 6.03 Å². The second kappa shape index (κ2) is 10.3. The predicted octanol–water partition coefficient (Wildman–Crippen LogP) is 4.79. The maximum Gasteiger partial charge on any atom is 0.317 e. The fraction of sp³-hybridized carbons (Fsp3) is 0.889. The lowest BCUT2D eigenvalue weighted by Crippen LogP contribution is -2.62. The van der Waals surface area contributed by atoms with Crippen LogP contribution in [0.1, 0.15) is 96.7 Å². The van der Waals surface area contributed by atoms with E-state index in [4.69, 9.17) is 9.26 Å². The minimum atomic E-state index is -3.03. The summed E-state index contributed by atoms with van der Waals surface area (Å²) in [6.45, 7) is 10.9. The minimum absolute atomic E-state index is 0.255. The first-order valence-electron chi connectivity index (χ1n) is 14.2. The van der Waals surface area contributed by atoms with Crippen molar-refractivity contribution in [2.24, 2.45) is 0 Å². The molecule has 1 N–H and O–H groups in total. The molecule has 4 atom stereocenters. The quantitative estimate of drug-likeness (QED) is 0.558. The molecule has 5 rings (SSSR count). The van der Waals surface area contributed by atoms with Crippen LogP contribution < -0.4 is 5.32 Å². The molecule has 2 amide bonds. The van der Waals surface area contributed by atoms with Crippen LogP contribution in [0.2, 0.25) is 0 Å². The number of hydrogen-bond donors (Lipinski definition) is 1. The van der Waals surface area contributed by atoms with Gasteiger partial charge in [-0.2, -0.15) is 4.98 Å². The van der Waals surface area contributed by atoms with Gasteiger partial charge < -0.3 is 24.4 Å². The van der Waals surface area contributed by atoms with E-state index in [1.807, 2.05) is 13.8 Å². The maximum atomic E-state index is 15.2. The zero-order valence-electron chi connectivity index (χ0n) is 23.0. The van der Waals surface area contributed by atoms with Crippen LogP contribution in [0.4, 0.5) is 18.0 Å². The van der Waals surface area contributed by atoms with Gasteiger partial charge in [0.05, 0.1) is 17.6 Å². The lowest BCUT2D eigenvalue weighted by atomic mass is 9.79. The van der Waals surface area contributed by atoms with Crippen LogP contribution >= 0.6 is 0 Å². The fourth-order valence-corrected chi connectivity index (χ4v) is 6.16. The third-order valence-corrected chi connectivity index (χ3v) is 9.29. The number of urea groups is 1. The van der Waals surface area contributed by atoms with Crippen molar-refractivity contribution in [2.45, 2.75) is 126 Å². The van der Waals surface area contributed by atoms with Gasteiger partial charge in [-0.05, 0) is 65.7 Å². The second-order valence-electron chi connectivity index (χ2n) is 12.7. The molecule has 2 saturated heterocycles. The van der Waals surface area contributed by atoms with E-state index in [1.165, 1.54) is 0 Å². The number of carbonyl (C=O) groups excluding carboxylic acids is 1. The van der Waals surface area contributed by atoms with Gasteiger partial charge in [0, 0.05) is 44.1 Å². The summed E-state index contributed by atoms with van der Waals surface area (Å²) < 4.78 is 55.4. The molecule has 11 heteroatoms. The number of aromatic nitrogens is 2. The molecule has 4 fully saturated rings. The molecule has 0 bridgehead atoms. The molecule has 214 valence electrons. The number of rotatable bonds is 6. The predicted molar refractivity (Wildman–Crippen MR) is 135 cm³/mol. The molecular formula is C27H42F3N5O3. The molecule has 0 radical (unpaired) electrons. The first kappa shape index (κ1) is 27.7. The topological polar surface area (TPSA) is 83.7 Å². The van der Waals surface area contributed by atoms with E-state index >= 15 is 8.78 Å². The molecule has 8 nitrogen and oxygen atoms in total. The first-order valence-corrected chi connectivity index (χ1v) is 14.2. The van der Waals surface area contributed by atoms with Crippen LogP contribution in [0.25, 0.3) is 0 Å². The highest BCUT2D eigenvalue weighted by atomic mass is 19.3. The third-order valence-electron chi connectivity index (χ3n) is 9.29. The third kappa shape index (κ3) is 5.69. The van der Waals surface area contributed by atoms with Gasteiger partial charge in [-0.3, -0.25) is 0 Å². The van der Waals surface area contributed by atoms with Gasteiger partial charge in [0.1, 0.15) is 12.2 Å². The van der Waals surface area contributed by atoms with E-state index in [0.717, 1.165) is 25.9 Å². The maximum absolute atomic E-state index is 15.2. The minimum Gasteiger partial charge on any atom is -0.370 e. The van der Waals surface area contributed by atoms with E-state index in [1.54, 1.807) is 4.90 Å². The van der Waals surface area contributed by atoms with E-state index < -0.39 is 41.3 Å². The fourth-order valence-electron chi connectivity index (χ4n) is 6.16. The van der Waals surface area contributed by atoms with Crippen molar-refractivity contribution in [3.05, 3.63) is 11.7 Å². The van der Waals surface area contributed by atoms with Gasteiger partial charge in [0.2, 0.25) is 5.89 Å². The van der Waals surface area contributed by atoms with Gasteiger partial charge in [0.15, 0.2) is 5.82 Å². The molecule has 0 unspecified atom stereocenters. The Balaban J connectivity index is 1.19. The summed E-state index contributed by atoms with van der Waals surface area (Å²) in [5.41, 5.74) is -0.898. The van der Waals surface area contributed by atoms with Crippen molar-refractivity contribution < 1.29 is 27.2 Å². The van der Waals surface area contributed by atoms with Gasteiger partial charge in [0.25, 0.3) is 5.92 Å². The largest absolute Gasteiger partial charge is 0.370 e. The van der Waals surface area contributed by atoms with Crippen molar-refractivity contribution in [2.75, 3.05) is 26.2 Å². The number of nitrogens with zero attached hydrogens (tertiary/aromatic N) is 4. The molecule has 2 aliphatic heterocycles. The average Bonchev–Trinajstić information content (AvgIpc) is 3.37.